The molecule has 2 heterocycles. The van der Waals surface area contributed by atoms with Crippen molar-refractivity contribution in [1.82, 2.24) is 19.7 Å². The average Bonchev–Trinajstić information content (AvgIpc) is 3.20. The Labute approximate surface area is 139 Å². The molecule has 2 atom stereocenters. The van der Waals surface area contributed by atoms with Gasteiger partial charge in [0.2, 0.25) is 5.91 Å². The molecule has 0 aromatic carbocycles. The van der Waals surface area contributed by atoms with Crippen molar-refractivity contribution >= 4 is 17.2 Å². The van der Waals surface area contributed by atoms with E-state index in [1.54, 1.807) is 16.6 Å². The van der Waals surface area contributed by atoms with E-state index in [2.05, 4.69) is 10.1 Å². The largest absolute Gasteiger partial charge is 0.391 e. The van der Waals surface area contributed by atoms with E-state index in [0.29, 0.717) is 6.42 Å². The highest BCUT2D eigenvalue weighted by Crippen LogP contribution is 2.28. The van der Waals surface area contributed by atoms with Crippen LogP contribution in [0, 0.1) is 6.92 Å². The summed E-state index contributed by atoms with van der Waals surface area (Å²) < 4.78 is 1.74. The lowest BCUT2D eigenvalue weighted by atomic mass is 10.1. The van der Waals surface area contributed by atoms with Crippen LogP contribution in [0.3, 0.4) is 0 Å². The monoisotopic (exact) mass is 334 g/mol. The topological polar surface area (TPSA) is 71.2 Å². The zero-order valence-electron chi connectivity index (χ0n) is 13.7. The molecule has 1 aliphatic carbocycles. The molecule has 1 amide bonds. The Bertz CT molecular complexity index is 709. The van der Waals surface area contributed by atoms with Gasteiger partial charge < -0.3 is 10.0 Å². The molecule has 7 heteroatoms. The number of hydrogen-bond acceptors (Lipinski definition) is 5. The predicted molar refractivity (Wildman–Crippen MR) is 89.2 cm³/mol. The summed E-state index contributed by atoms with van der Waals surface area (Å²) in [6.07, 6.45) is 4.46. The number of aryl methyl sites for hydroxylation is 2. The first-order valence-electron chi connectivity index (χ1n) is 7.85. The molecule has 1 fully saturated rings. The molecule has 0 aliphatic heterocycles. The van der Waals surface area contributed by atoms with Crippen molar-refractivity contribution in [2.45, 2.75) is 44.8 Å². The molecule has 1 aliphatic rings. The van der Waals surface area contributed by atoms with Gasteiger partial charge >= 0.3 is 0 Å². The highest BCUT2D eigenvalue weighted by molar-refractivity contribution is 7.15. The molecule has 0 unspecified atom stereocenters. The van der Waals surface area contributed by atoms with Crippen LogP contribution >= 0.6 is 11.3 Å². The molecular weight excluding hydrogens is 312 g/mol. The fourth-order valence-corrected chi connectivity index (χ4v) is 4.07. The summed E-state index contributed by atoms with van der Waals surface area (Å²) in [4.78, 5) is 19.7. The summed E-state index contributed by atoms with van der Waals surface area (Å²) in [6, 6.07) is 1.87. The van der Waals surface area contributed by atoms with Crippen LogP contribution in [0.2, 0.25) is 0 Å². The first-order chi connectivity index (χ1) is 11.0. The van der Waals surface area contributed by atoms with E-state index in [4.69, 9.17) is 0 Å². The zero-order chi connectivity index (χ0) is 16.6. The third-order valence-corrected chi connectivity index (χ3v) is 5.65. The molecular formula is C16H22N4O2S. The molecule has 2 aromatic heterocycles. The smallest absolute Gasteiger partial charge is 0.227 e. The molecule has 124 valence electrons. The summed E-state index contributed by atoms with van der Waals surface area (Å²) in [5.41, 5.74) is 1.71. The van der Waals surface area contributed by atoms with Gasteiger partial charge in [-0.3, -0.25) is 9.48 Å². The van der Waals surface area contributed by atoms with Crippen LogP contribution in [-0.2, 0) is 18.3 Å². The van der Waals surface area contributed by atoms with Crippen LogP contribution in [0.15, 0.2) is 12.3 Å². The molecule has 23 heavy (non-hydrogen) atoms. The van der Waals surface area contributed by atoms with E-state index in [1.165, 1.54) is 11.3 Å². The Morgan fingerprint density at radius 1 is 1.52 bits per heavy atom. The molecule has 0 radical (unpaired) electrons. The first-order valence-corrected chi connectivity index (χ1v) is 8.67. The number of aliphatic hydroxyl groups is 1. The summed E-state index contributed by atoms with van der Waals surface area (Å²) >= 11 is 1.52. The van der Waals surface area contributed by atoms with Crippen molar-refractivity contribution in [1.29, 1.82) is 0 Å². The number of rotatable bonds is 4. The van der Waals surface area contributed by atoms with Gasteiger partial charge in [-0.1, -0.05) is 0 Å². The molecule has 0 spiro atoms. The van der Waals surface area contributed by atoms with Crippen LogP contribution in [0.4, 0.5) is 0 Å². The maximum atomic E-state index is 12.5. The predicted octanol–water partition coefficient (Wildman–Crippen LogP) is 1.77. The van der Waals surface area contributed by atoms with Crippen LogP contribution in [0.1, 0.15) is 29.8 Å². The number of aromatic nitrogens is 3. The van der Waals surface area contributed by atoms with Gasteiger partial charge in [0.15, 0.2) is 0 Å². The number of thiazole rings is 1. The summed E-state index contributed by atoms with van der Waals surface area (Å²) in [7, 11) is 3.66. The number of amides is 1. The van der Waals surface area contributed by atoms with Crippen LogP contribution in [-0.4, -0.2) is 49.9 Å². The third kappa shape index (κ3) is 3.30. The maximum Gasteiger partial charge on any atom is 0.227 e. The minimum atomic E-state index is -0.393. The van der Waals surface area contributed by atoms with E-state index in [-0.39, 0.29) is 11.9 Å². The van der Waals surface area contributed by atoms with Crippen molar-refractivity contribution in [2.24, 2.45) is 7.05 Å². The van der Waals surface area contributed by atoms with Gasteiger partial charge in [-0.25, -0.2) is 4.98 Å². The summed E-state index contributed by atoms with van der Waals surface area (Å²) in [5, 5.41) is 15.2. The van der Waals surface area contributed by atoms with Gasteiger partial charge in [-0.05, 0) is 32.3 Å². The third-order valence-electron chi connectivity index (χ3n) is 4.47. The van der Waals surface area contributed by atoms with Gasteiger partial charge in [0.05, 0.1) is 24.3 Å². The van der Waals surface area contributed by atoms with E-state index in [0.717, 1.165) is 40.5 Å². The van der Waals surface area contributed by atoms with E-state index in [1.807, 2.05) is 26.2 Å². The van der Waals surface area contributed by atoms with E-state index >= 15 is 0 Å². The quantitative estimate of drug-likeness (QED) is 0.925. The van der Waals surface area contributed by atoms with Gasteiger partial charge in [0.25, 0.3) is 0 Å². The Hall–Kier alpha value is -1.73. The Morgan fingerprint density at radius 3 is 2.91 bits per heavy atom. The molecule has 0 saturated heterocycles. The maximum absolute atomic E-state index is 12.5. The van der Waals surface area contributed by atoms with Gasteiger partial charge in [-0.15, -0.1) is 11.3 Å². The van der Waals surface area contributed by atoms with Crippen molar-refractivity contribution in [3.63, 3.8) is 0 Å². The first kappa shape index (κ1) is 16.1. The standard InChI is InChI=1S/C16H22N4O2S/c1-10-14(23-16(17-10)11-7-8-19(2)18-11)9-15(22)20(3)12-5-4-6-13(12)21/h7-8,12-13,21H,4-6,9H2,1-3H3/t12-,13-/m1/s1. The Morgan fingerprint density at radius 2 is 2.30 bits per heavy atom. The van der Waals surface area contributed by atoms with Gasteiger partial charge in [0.1, 0.15) is 10.7 Å². The molecule has 1 N–H and O–H groups in total. The molecule has 2 aromatic rings. The SMILES string of the molecule is Cc1nc(-c2ccn(C)n2)sc1CC(=O)N(C)[C@@H]1CCC[C@H]1O. The van der Waals surface area contributed by atoms with Crippen LogP contribution in [0.25, 0.3) is 10.7 Å². The van der Waals surface area contributed by atoms with Crippen molar-refractivity contribution < 1.29 is 9.90 Å². The number of hydrogen-bond donors (Lipinski definition) is 1. The van der Waals surface area contributed by atoms with Crippen molar-refractivity contribution in [3.05, 3.63) is 22.8 Å². The van der Waals surface area contributed by atoms with Crippen LogP contribution < -0.4 is 0 Å². The number of carbonyl (C=O) groups excluding carboxylic acids is 1. The Kier molecular flexibility index (Phi) is 4.50. The highest BCUT2D eigenvalue weighted by Gasteiger charge is 2.31. The normalized spacial score (nSPS) is 20.9. The lowest BCUT2D eigenvalue weighted by Crippen LogP contribution is -2.42. The van der Waals surface area contributed by atoms with Gasteiger partial charge in [0, 0.05) is 25.2 Å². The second-order valence-corrected chi connectivity index (χ2v) is 7.23. The van der Waals surface area contributed by atoms with Gasteiger partial charge in [-0.2, -0.15) is 5.10 Å². The fraction of sp³-hybridized carbons (Fsp3) is 0.562. The average molecular weight is 334 g/mol. The number of aliphatic hydroxyl groups excluding tert-OH is 1. The zero-order valence-corrected chi connectivity index (χ0v) is 14.5. The van der Waals surface area contributed by atoms with Crippen molar-refractivity contribution in [3.8, 4) is 10.7 Å². The Balaban J connectivity index is 1.72. The minimum absolute atomic E-state index is 0.0373. The lowest BCUT2D eigenvalue weighted by Gasteiger charge is -2.27. The molecule has 1 saturated carbocycles. The molecule has 6 nitrogen and oxygen atoms in total. The van der Waals surface area contributed by atoms with E-state index in [9.17, 15) is 9.90 Å². The molecule has 0 bridgehead atoms. The summed E-state index contributed by atoms with van der Waals surface area (Å²) in [5.74, 6) is 0.0373. The number of likely N-dealkylation sites (N-methyl/N-ethyl adjacent to an activating group) is 1. The second kappa shape index (κ2) is 6.41. The fourth-order valence-electron chi connectivity index (χ4n) is 3.05. The van der Waals surface area contributed by atoms with Crippen LogP contribution in [0.5, 0.6) is 0 Å². The number of carbonyl (C=O) groups is 1. The second-order valence-electron chi connectivity index (χ2n) is 6.15. The summed E-state index contributed by atoms with van der Waals surface area (Å²) in [6.45, 7) is 1.93. The van der Waals surface area contributed by atoms with Crippen molar-refractivity contribution in [2.75, 3.05) is 7.05 Å². The number of nitrogens with zero attached hydrogens (tertiary/aromatic N) is 4. The molecule has 3 rings (SSSR count). The van der Waals surface area contributed by atoms with E-state index < -0.39 is 6.10 Å². The lowest BCUT2D eigenvalue weighted by molar-refractivity contribution is -0.132. The minimum Gasteiger partial charge on any atom is -0.391 e. The highest BCUT2D eigenvalue weighted by atomic mass is 32.1.